The number of nitrogens with zero attached hydrogens (tertiary/aromatic N) is 3. The minimum Gasteiger partial charge on any atom is -0.382 e. The highest BCUT2D eigenvalue weighted by Crippen LogP contribution is 2.36. The molecule has 4 rings (SSSR count). The fourth-order valence-corrected chi connectivity index (χ4v) is 5.57. The molecule has 0 saturated carbocycles. The second-order valence-electron chi connectivity index (χ2n) is 10.0. The van der Waals surface area contributed by atoms with E-state index < -0.39 is 54.4 Å². The number of carbonyl (C=O) groups excluding carboxylic acids is 3. The number of halogens is 3. The molecule has 0 fully saturated rings. The third-order valence-corrected chi connectivity index (χ3v) is 7.62. The van der Waals surface area contributed by atoms with Gasteiger partial charge in [0, 0.05) is 18.7 Å². The first-order chi connectivity index (χ1) is 19.4. The van der Waals surface area contributed by atoms with Crippen LogP contribution in [0, 0.1) is 5.92 Å². The van der Waals surface area contributed by atoms with Crippen molar-refractivity contribution in [1.82, 2.24) is 14.9 Å². The number of amides is 3. The maximum absolute atomic E-state index is 14.3. The minimum absolute atomic E-state index is 0.0278. The number of aliphatic hydroxyl groups is 1. The third kappa shape index (κ3) is 6.36. The van der Waals surface area contributed by atoms with E-state index in [1.54, 1.807) is 92.0 Å². The number of hydrazine groups is 1. The quantitative estimate of drug-likeness (QED) is 0.386. The zero-order chi connectivity index (χ0) is 29.9. The maximum Gasteiger partial charge on any atom is 0.416 e. The van der Waals surface area contributed by atoms with E-state index in [0.717, 1.165) is 11.9 Å². The summed E-state index contributed by atoms with van der Waals surface area (Å²) in [6.45, 7) is 4.46. The molecule has 1 aromatic heterocycles. The number of rotatable bonds is 8. The van der Waals surface area contributed by atoms with Crippen molar-refractivity contribution in [3.05, 3.63) is 100 Å². The molecule has 3 aromatic rings. The fourth-order valence-electron chi connectivity index (χ4n) is 4.90. The first-order valence-corrected chi connectivity index (χ1v) is 13.9. The van der Waals surface area contributed by atoms with Crippen LogP contribution in [0.4, 0.5) is 13.2 Å². The van der Waals surface area contributed by atoms with Gasteiger partial charge in [0.05, 0.1) is 16.6 Å². The van der Waals surface area contributed by atoms with E-state index in [2.05, 4.69) is 0 Å². The Morgan fingerprint density at radius 3 is 2.12 bits per heavy atom. The van der Waals surface area contributed by atoms with Crippen molar-refractivity contribution in [2.45, 2.75) is 51.6 Å². The summed E-state index contributed by atoms with van der Waals surface area (Å²) in [5.41, 5.74) is 0.843. The van der Waals surface area contributed by atoms with E-state index >= 15 is 0 Å². The van der Waals surface area contributed by atoms with Gasteiger partial charge in [-0.25, -0.2) is 10.0 Å². The van der Waals surface area contributed by atoms with E-state index in [-0.39, 0.29) is 5.70 Å². The Labute approximate surface area is 240 Å². The molecule has 216 valence electrons. The first kappa shape index (κ1) is 30.0. The van der Waals surface area contributed by atoms with Crippen LogP contribution in [-0.4, -0.2) is 62.1 Å². The van der Waals surface area contributed by atoms with Crippen molar-refractivity contribution in [2.24, 2.45) is 5.92 Å². The summed E-state index contributed by atoms with van der Waals surface area (Å²) in [6.07, 6.45) is -7.06. The lowest BCUT2D eigenvalue weighted by atomic mass is 9.96. The Morgan fingerprint density at radius 2 is 1.61 bits per heavy atom. The van der Waals surface area contributed by atoms with Crippen LogP contribution < -0.4 is 0 Å². The number of benzene rings is 2. The van der Waals surface area contributed by atoms with Crippen LogP contribution in [0.2, 0.25) is 0 Å². The topological polar surface area (TPSA) is 81.2 Å². The molecular formula is C30H30F3N3O4S. The average molecular weight is 586 g/mol. The highest BCUT2D eigenvalue weighted by atomic mass is 32.1. The third-order valence-electron chi connectivity index (χ3n) is 6.76. The van der Waals surface area contributed by atoms with Gasteiger partial charge in [0.25, 0.3) is 11.8 Å². The molecule has 0 saturated heterocycles. The van der Waals surface area contributed by atoms with Crippen LogP contribution in [0.5, 0.6) is 0 Å². The van der Waals surface area contributed by atoms with E-state index in [4.69, 9.17) is 0 Å². The Bertz CT molecular complexity index is 1400. The van der Waals surface area contributed by atoms with E-state index in [0.29, 0.717) is 21.0 Å². The van der Waals surface area contributed by atoms with Gasteiger partial charge < -0.3 is 5.11 Å². The van der Waals surface area contributed by atoms with Crippen molar-refractivity contribution in [2.75, 3.05) is 0 Å². The standard InChI is InChI=1S/C30H30F3N3O4S/c1-19(2)26-29(40)36(24(22-13-8-5-9-14-22)18-34(26)28(39)25-15-10-16-41-25)35(20(3)37)23(27(38)30(31,32)33)17-21-11-6-4-7-12-21/h4-16,18-19,23,26-27,38H,17H2,1-3H3. The van der Waals surface area contributed by atoms with Gasteiger partial charge >= 0.3 is 6.18 Å². The normalized spacial score (nSPS) is 17.3. The largest absolute Gasteiger partial charge is 0.416 e. The molecule has 41 heavy (non-hydrogen) atoms. The second-order valence-corrected chi connectivity index (χ2v) is 11.0. The van der Waals surface area contributed by atoms with Crippen LogP contribution in [0.1, 0.15) is 41.6 Å². The monoisotopic (exact) mass is 585 g/mol. The van der Waals surface area contributed by atoms with Crippen LogP contribution in [0.3, 0.4) is 0 Å². The Kier molecular flexibility index (Phi) is 8.98. The minimum atomic E-state index is -5.10. The predicted molar refractivity (Wildman–Crippen MR) is 149 cm³/mol. The summed E-state index contributed by atoms with van der Waals surface area (Å²) in [5.74, 6) is -2.58. The van der Waals surface area contributed by atoms with Crippen LogP contribution >= 0.6 is 11.3 Å². The molecule has 0 bridgehead atoms. The van der Waals surface area contributed by atoms with Crippen LogP contribution in [0.25, 0.3) is 5.70 Å². The lowest BCUT2D eigenvalue weighted by molar-refractivity contribution is -0.232. The Hall–Kier alpha value is -3.96. The number of carbonyl (C=O) groups is 3. The molecule has 0 aliphatic carbocycles. The molecule has 1 aliphatic heterocycles. The van der Waals surface area contributed by atoms with Gasteiger partial charge in [-0.3, -0.25) is 19.3 Å². The second kappa shape index (κ2) is 12.3. The van der Waals surface area contributed by atoms with E-state index in [9.17, 15) is 32.7 Å². The molecule has 2 heterocycles. The lowest BCUT2D eigenvalue weighted by Crippen LogP contribution is -2.65. The molecule has 2 aromatic carbocycles. The molecule has 3 atom stereocenters. The van der Waals surface area contributed by atoms with Gasteiger partial charge in [-0.2, -0.15) is 13.2 Å². The highest BCUT2D eigenvalue weighted by molar-refractivity contribution is 7.12. The van der Waals surface area contributed by atoms with Crippen molar-refractivity contribution >= 4 is 34.8 Å². The number of hydrogen-bond acceptors (Lipinski definition) is 5. The summed E-state index contributed by atoms with van der Waals surface area (Å²) in [4.78, 5) is 42.8. The summed E-state index contributed by atoms with van der Waals surface area (Å²) in [6, 6.07) is 16.7. The molecule has 0 spiro atoms. The van der Waals surface area contributed by atoms with Gasteiger partial charge in [0.15, 0.2) is 6.10 Å². The molecule has 3 unspecified atom stereocenters. The van der Waals surface area contributed by atoms with Crippen LogP contribution in [-0.2, 0) is 16.0 Å². The van der Waals surface area contributed by atoms with Crippen molar-refractivity contribution in [3.63, 3.8) is 0 Å². The summed E-state index contributed by atoms with van der Waals surface area (Å²) >= 11 is 1.19. The molecule has 7 nitrogen and oxygen atoms in total. The SMILES string of the molecule is CC(=O)N(C(Cc1ccccc1)C(O)C(F)(F)F)N1C(=O)C(C(C)C)N(C(=O)c2cccs2)C=C1c1ccccc1. The predicted octanol–water partition coefficient (Wildman–Crippen LogP) is 5.35. The smallest absolute Gasteiger partial charge is 0.382 e. The lowest BCUT2D eigenvalue weighted by Gasteiger charge is -2.48. The van der Waals surface area contributed by atoms with Gasteiger partial charge in [0.2, 0.25) is 5.91 Å². The molecule has 3 amide bonds. The molecule has 1 aliphatic rings. The van der Waals surface area contributed by atoms with Gasteiger partial charge in [-0.15, -0.1) is 11.3 Å². The summed E-state index contributed by atoms with van der Waals surface area (Å²) in [7, 11) is 0. The van der Waals surface area contributed by atoms with Gasteiger partial charge in [-0.05, 0) is 29.3 Å². The Balaban J connectivity index is 1.93. The number of thiophene rings is 1. The molecule has 1 N–H and O–H groups in total. The fraction of sp³-hybridized carbons (Fsp3) is 0.300. The maximum atomic E-state index is 14.3. The summed E-state index contributed by atoms with van der Waals surface area (Å²) < 4.78 is 42.2. The van der Waals surface area contributed by atoms with Crippen molar-refractivity contribution in [3.8, 4) is 0 Å². The number of alkyl halides is 3. The summed E-state index contributed by atoms with van der Waals surface area (Å²) in [5, 5.41) is 13.9. The van der Waals surface area contributed by atoms with E-state index in [1.807, 2.05) is 0 Å². The van der Waals surface area contributed by atoms with Gasteiger partial charge in [-0.1, -0.05) is 80.6 Å². The average Bonchev–Trinajstić information content (AvgIpc) is 3.47. The molecule has 11 heteroatoms. The van der Waals surface area contributed by atoms with Gasteiger partial charge in [0.1, 0.15) is 6.04 Å². The first-order valence-electron chi connectivity index (χ1n) is 13.0. The number of aliphatic hydroxyl groups excluding tert-OH is 1. The number of hydrogen-bond donors (Lipinski definition) is 1. The van der Waals surface area contributed by atoms with E-state index in [1.165, 1.54) is 22.4 Å². The van der Waals surface area contributed by atoms with Crippen molar-refractivity contribution in [1.29, 1.82) is 0 Å². The Morgan fingerprint density at radius 1 is 1.00 bits per heavy atom. The highest BCUT2D eigenvalue weighted by Gasteiger charge is 2.51. The zero-order valence-corrected chi connectivity index (χ0v) is 23.5. The zero-order valence-electron chi connectivity index (χ0n) is 22.7. The molecular weight excluding hydrogens is 555 g/mol. The van der Waals surface area contributed by atoms with Crippen molar-refractivity contribution < 1.29 is 32.7 Å². The molecule has 0 radical (unpaired) electrons. The van der Waals surface area contributed by atoms with Crippen LogP contribution in [0.15, 0.2) is 84.4 Å².